The van der Waals surface area contributed by atoms with Crippen LogP contribution in [0.1, 0.15) is 0 Å². The van der Waals surface area contributed by atoms with Gasteiger partial charge < -0.3 is 8.98 Å². The Morgan fingerprint density at radius 1 is 0.328 bits per heavy atom. The lowest BCUT2D eigenvalue weighted by atomic mass is 10.0. The number of benzene rings is 9. The van der Waals surface area contributed by atoms with Crippen LogP contribution in [0.25, 0.3) is 122 Å². The smallest absolute Gasteiger partial charge is 0.235 e. The fraction of sp³-hybridized carbons (Fsp3) is 0. The van der Waals surface area contributed by atoms with E-state index in [2.05, 4.69) is 203 Å². The number of hydrogen-bond acceptors (Lipinski definition) is 3. The summed E-state index contributed by atoms with van der Waals surface area (Å²) in [6.07, 6.45) is 0. The molecule has 0 bridgehead atoms. The van der Waals surface area contributed by atoms with Gasteiger partial charge in [0.1, 0.15) is 11.2 Å². The van der Waals surface area contributed by atoms with Crippen molar-refractivity contribution in [3.63, 3.8) is 0 Å². The molecule has 0 unspecified atom stereocenters. The van der Waals surface area contributed by atoms with Crippen molar-refractivity contribution >= 4 is 76.5 Å². The Bertz CT molecular complexity index is 3840. The van der Waals surface area contributed by atoms with Gasteiger partial charge in [0.25, 0.3) is 0 Å². The van der Waals surface area contributed by atoms with Crippen molar-refractivity contribution in [3.8, 4) is 45.1 Å². The van der Waals surface area contributed by atoms with E-state index in [0.717, 1.165) is 93.6 Å². The second-order valence-corrected chi connectivity index (χ2v) is 15.7. The summed E-state index contributed by atoms with van der Waals surface area (Å²) in [5.41, 5.74) is 14.5. The molecule has 4 aromatic heterocycles. The average molecular weight is 779 g/mol. The predicted octanol–water partition coefficient (Wildman–Crippen LogP) is 14.7. The summed E-state index contributed by atoms with van der Waals surface area (Å²) < 4.78 is 11.3. The van der Waals surface area contributed by atoms with Crippen LogP contribution < -0.4 is 0 Å². The van der Waals surface area contributed by atoms with Crippen LogP contribution in [0.3, 0.4) is 0 Å². The van der Waals surface area contributed by atoms with Crippen LogP contribution in [0.5, 0.6) is 0 Å². The summed E-state index contributed by atoms with van der Waals surface area (Å²) in [4.78, 5) is 11.1. The van der Waals surface area contributed by atoms with E-state index in [0.29, 0.717) is 5.95 Å². The van der Waals surface area contributed by atoms with Crippen LogP contribution >= 0.6 is 0 Å². The number of furan rings is 1. The van der Waals surface area contributed by atoms with Crippen molar-refractivity contribution in [3.05, 3.63) is 206 Å². The Kier molecular flexibility index (Phi) is 7.24. The molecular weight excluding hydrogens is 745 g/mol. The molecule has 0 fully saturated rings. The molecule has 0 aliphatic rings. The van der Waals surface area contributed by atoms with Gasteiger partial charge in [0.05, 0.1) is 38.7 Å². The molecule has 0 N–H and O–H groups in total. The van der Waals surface area contributed by atoms with Gasteiger partial charge in [-0.2, -0.15) is 0 Å². The van der Waals surface area contributed by atoms with E-state index in [1.54, 1.807) is 0 Å². The molecule has 0 aliphatic heterocycles. The van der Waals surface area contributed by atoms with Crippen molar-refractivity contribution < 1.29 is 4.42 Å². The van der Waals surface area contributed by atoms with E-state index < -0.39 is 0 Å². The molecule has 9 aromatic carbocycles. The van der Waals surface area contributed by atoms with Gasteiger partial charge in [-0.3, -0.25) is 4.57 Å². The summed E-state index contributed by atoms with van der Waals surface area (Å²) in [7, 11) is 0. The van der Waals surface area contributed by atoms with E-state index in [1.807, 2.05) is 12.1 Å². The number of fused-ring (bicyclic) bond motifs is 12. The molecule has 0 radical (unpaired) electrons. The maximum absolute atomic E-state index is 6.58. The fourth-order valence-corrected chi connectivity index (χ4v) is 9.58. The average Bonchev–Trinajstić information content (AvgIpc) is 4.00. The minimum absolute atomic E-state index is 0.599. The predicted molar refractivity (Wildman–Crippen MR) is 252 cm³/mol. The second-order valence-electron chi connectivity index (χ2n) is 15.7. The molecule has 0 aliphatic carbocycles. The Morgan fingerprint density at radius 3 is 1.59 bits per heavy atom. The number of hydrogen-bond donors (Lipinski definition) is 0. The third-order valence-electron chi connectivity index (χ3n) is 12.4. The summed E-state index contributed by atoms with van der Waals surface area (Å²) >= 11 is 0. The molecule has 61 heavy (non-hydrogen) atoms. The first kappa shape index (κ1) is 33.7. The molecule has 0 spiro atoms. The van der Waals surface area contributed by atoms with E-state index in [9.17, 15) is 0 Å². The Balaban J connectivity index is 1.17. The first-order valence-electron chi connectivity index (χ1n) is 20.7. The highest BCUT2D eigenvalue weighted by Gasteiger charge is 2.26. The van der Waals surface area contributed by atoms with Crippen molar-refractivity contribution in [2.24, 2.45) is 0 Å². The van der Waals surface area contributed by atoms with Gasteiger partial charge in [-0.15, -0.1) is 0 Å². The van der Waals surface area contributed by atoms with Crippen molar-refractivity contribution in [1.29, 1.82) is 0 Å². The molecule has 4 heterocycles. The summed E-state index contributed by atoms with van der Waals surface area (Å²) in [5, 5.41) is 7.65. The first-order chi connectivity index (χ1) is 30.3. The normalized spacial score (nSPS) is 11.9. The summed E-state index contributed by atoms with van der Waals surface area (Å²) in [5.74, 6) is 0.599. The number of nitrogens with zero attached hydrogens (tertiary/aromatic N) is 4. The lowest BCUT2D eigenvalue weighted by Crippen LogP contribution is -2.05. The minimum atomic E-state index is 0.599. The lowest BCUT2D eigenvalue weighted by Gasteiger charge is -2.14. The molecule has 0 saturated heterocycles. The van der Waals surface area contributed by atoms with Crippen LogP contribution in [0.2, 0.25) is 0 Å². The quantitative estimate of drug-likeness (QED) is 0.175. The van der Waals surface area contributed by atoms with Gasteiger partial charge in [-0.05, 0) is 64.7 Å². The number of para-hydroxylation sites is 3. The number of aromatic nitrogens is 4. The van der Waals surface area contributed by atoms with Gasteiger partial charge >= 0.3 is 0 Å². The zero-order valence-corrected chi connectivity index (χ0v) is 32.8. The first-order valence-corrected chi connectivity index (χ1v) is 20.7. The van der Waals surface area contributed by atoms with Gasteiger partial charge in [0.2, 0.25) is 5.95 Å². The number of rotatable bonds is 5. The zero-order chi connectivity index (χ0) is 40.0. The molecule has 0 atom stereocenters. The summed E-state index contributed by atoms with van der Waals surface area (Å²) in [6, 6.07) is 73.0. The molecular formula is C56H34N4O. The molecule has 5 nitrogen and oxygen atoms in total. The molecule has 5 heteroatoms. The maximum Gasteiger partial charge on any atom is 0.235 e. The molecule has 0 saturated carbocycles. The third-order valence-corrected chi connectivity index (χ3v) is 12.4. The largest absolute Gasteiger partial charge is 0.456 e. The van der Waals surface area contributed by atoms with Crippen LogP contribution in [0.4, 0.5) is 0 Å². The highest BCUT2D eigenvalue weighted by atomic mass is 16.3. The van der Waals surface area contributed by atoms with Crippen molar-refractivity contribution in [1.82, 2.24) is 19.1 Å². The zero-order valence-electron chi connectivity index (χ0n) is 32.8. The minimum Gasteiger partial charge on any atom is -0.456 e. The van der Waals surface area contributed by atoms with E-state index >= 15 is 0 Å². The van der Waals surface area contributed by atoms with Crippen LogP contribution in [0, 0.1) is 0 Å². The van der Waals surface area contributed by atoms with Gasteiger partial charge in [0, 0.05) is 43.6 Å². The maximum atomic E-state index is 6.58. The monoisotopic (exact) mass is 778 g/mol. The SMILES string of the molecule is c1ccc(-c2ccc(-c3nc(-n4c5c(ccc6oc7ccccc7c65)c5ccc6c7ccccc7n(-c7ccc(-c8ccccc8)cc7)c6c54)nc4ccccc34)cc2)cc1. The van der Waals surface area contributed by atoms with Crippen molar-refractivity contribution in [2.45, 2.75) is 0 Å². The standard InChI is InChI=1S/C56H34N4O/c1-3-13-35(14-4-1)37-23-25-39(26-24-37)52-45-18-7-10-20-47(45)57-56(58-52)60-53-43(33-34-50-51(53)46-19-9-12-22-49(46)61-50)44-32-31-42-41-17-8-11-21-48(41)59(54(42)55(44)60)40-29-27-38(28-30-40)36-15-5-2-6-16-36/h1-34H. The highest BCUT2D eigenvalue weighted by Crippen LogP contribution is 2.45. The Morgan fingerprint density at radius 2 is 0.852 bits per heavy atom. The molecule has 13 aromatic rings. The van der Waals surface area contributed by atoms with E-state index in [4.69, 9.17) is 14.4 Å². The second kappa shape index (κ2) is 13.1. The topological polar surface area (TPSA) is 48.8 Å². The summed E-state index contributed by atoms with van der Waals surface area (Å²) in [6.45, 7) is 0. The highest BCUT2D eigenvalue weighted by molar-refractivity contribution is 6.29. The Labute approximate surface area is 350 Å². The van der Waals surface area contributed by atoms with E-state index in [1.165, 1.54) is 22.1 Å². The van der Waals surface area contributed by atoms with Crippen LogP contribution in [0.15, 0.2) is 211 Å². The third kappa shape index (κ3) is 5.08. The van der Waals surface area contributed by atoms with Gasteiger partial charge in [0.15, 0.2) is 0 Å². The lowest BCUT2D eigenvalue weighted by molar-refractivity contribution is 0.669. The fourth-order valence-electron chi connectivity index (χ4n) is 9.58. The van der Waals surface area contributed by atoms with Crippen molar-refractivity contribution in [2.75, 3.05) is 0 Å². The van der Waals surface area contributed by atoms with Crippen LogP contribution in [-0.2, 0) is 0 Å². The Hall–Kier alpha value is -8.28. The molecule has 13 rings (SSSR count). The molecule has 0 amide bonds. The van der Waals surface area contributed by atoms with Crippen LogP contribution in [-0.4, -0.2) is 19.1 Å². The molecule has 284 valence electrons. The van der Waals surface area contributed by atoms with E-state index in [-0.39, 0.29) is 0 Å². The van der Waals surface area contributed by atoms with Gasteiger partial charge in [-0.1, -0.05) is 164 Å². The van der Waals surface area contributed by atoms with Gasteiger partial charge in [-0.25, -0.2) is 9.97 Å².